The molecule has 0 aliphatic rings. The van der Waals surface area contributed by atoms with Crippen molar-refractivity contribution in [3.05, 3.63) is 34.1 Å². The van der Waals surface area contributed by atoms with Gasteiger partial charge in [0.05, 0.1) is 13.2 Å². The van der Waals surface area contributed by atoms with Gasteiger partial charge < -0.3 is 10.2 Å². The third-order valence-corrected chi connectivity index (χ3v) is 2.67. The molecular formula is C11H13BrFNO3. The summed E-state index contributed by atoms with van der Waals surface area (Å²) in [6, 6.07) is 4.49. The van der Waals surface area contributed by atoms with Gasteiger partial charge in [-0.1, -0.05) is 15.9 Å². The normalized spacial score (nSPS) is 10.8. The molecule has 6 heteroatoms. The maximum atomic E-state index is 13.5. The van der Waals surface area contributed by atoms with Crippen molar-refractivity contribution in [3.63, 3.8) is 0 Å². The largest absolute Gasteiger partial charge is 0.480 e. The topological polar surface area (TPSA) is 60.8 Å². The van der Waals surface area contributed by atoms with Gasteiger partial charge >= 0.3 is 5.97 Å². The number of benzene rings is 1. The number of carboxylic acids is 1. The van der Waals surface area contributed by atoms with Gasteiger partial charge in [-0.3, -0.25) is 9.69 Å². The zero-order valence-corrected chi connectivity index (χ0v) is 10.7. The Balaban J connectivity index is 2.77. The molecule has 0 radical (unpaired) electrons. The van der Waals surface area contributed by atoms with Gasteiger partial charge in [-0.2, -0.15) is 0 Å². The Morgan fingerprint density at radius 2 is 2.18 bits per heavy atom. The molecule has 0 aromatic heterocycles. The van der Waals surface area contributed by atoms with Crippen molar-refractivity contribution in [1.82, 2.24) is 4.90 Å². The molecule has 94 valence electrons. The fourth-order valence-electron chi connectivity index (χ4n) is 1.45. The van der Waals surface area contributed by atoms with Gasteiger partial charge in [-0.05, 0) is 18.2 Å². The molecule has 0 unspecified atom stereocenters. The minimum Gasteiger partial charge on any atom is -0.480 e. The minimum atomic E-state index is -1.01. The first-order valence-corrected chi connectivity index (χ1v) is 5.81. The average molecular weight is 306 g/mol. The van der Waals surface area contributed by atoms with Gasteiger partial charge in [0.1, 0.15) is 5.82 Å². The third kappa shape index (κ3) is 4.80. The van der Waals surface area contributed by atoms with Crippen LogP contribution in [-0.2, 0) is 11.3 Å². The number of nitrogens with zero attached hydrogens (tertiary/aromatic N) is 1. The second-order valence-corrected chi connectivity index (χ2v) is 4.48. The Morgan fingerprint density at radius 3 is 2.76 bits per heavy atom. The molecule has 0 fully saturated rings. The van der Waals surface area contributed by atoms with Crippen molar-refractivity contribution >= 4 is 21.9 Å². The summed E-state index contributed by atoms with van der Waals surface area (Å²) in [4.78, 5) is 12.1. The highest BCUT2D eigenvalue weighted by Crippen LogP contribution is 2.17. The number of aliphatic hydroxyl groups is 1. The number of aliphatic carboxylic acids is 1. The van der Waals surface area contributed by atoms with Crippen molar-refractivity contribution < 1.29 is 19.4 Å². The van der Waals surface area contributed by atoms with E-state index in [1.165, 1.54) is 11.0 Å². The van der Waals surface area contributed by atoms with Crippen molar-refractivity contribution in [2.45, 2.75) is 6.54 Å². The van der Waals surface area contributed by atoms with Gasteiger partial charge in [-0.25, -0.2) is 4.39 Å². The number of rotatable bonds is 6. The second kappa shape index (κ2) is 6.68. The molecule has 17 heavy (non-hydrogen) atoms. The molecular weight excluding hydrogens is 293 g/mol. The van der Waals surface area contributed by atoms with E-state index in [4.69, 9.17) is 10.2 Å². The molecule has 0 saturated heterocycles. The Hall–Kier alpha value is -0.980. The van der Waals surface area contributed by atoms with E-state index in [1.54, 1.807) is 12.1 Å². The molecule has 2 N–H and O–H groups in total. The maximum Gasteiger partial charge on any atom is 0.317 e. The third-order valence-electron chi connectivity index (χ3n) is 2.18. The predicted octanol–water partition coefficient (Wildman–Crippen LogP) is 1.47. The van der Waals surface area contributed by atoms with Crippen LogP contribution in [0.3, 0.4) is 0 Å². The van der Waals surface area contributed by atoms with Crippen molar-refractivity contribution in [1.29, 1.82) is 0 Å². The summed E-state index contributed by atoms with van der Waals surface area (Å²) in [6.07, 6.45) is 0. The Bertz CT molecular complexity index is 400. The van der Waals surface area contributed by atoms with Crippen molar-refractivity contribution in [3.8, 4) is 0 Å². The molecule has 0 saturated carbocycles. The van der Waals surface area contributed by atoms with Crippen LogP contribution in [0.2, 0.25) is 0 Å². The van der Waals surface area contributed by atoms with Crippen LogP contribution in [0.5, 0.6) is 0 Å². The Labute approximate surface area is 107 Å². The van der Waals surface area contributed by atoms with E-state index in [2.05, 4.69) is 15.9 Å². The smallest absolute Gasteiger partial charge is 0.317 e. The predicted molar refractivity (Wildman–Crippen MR) is 64.1 cm³/mol. The Morgan fingerprint density at radius 1 is 1.47 bits per heavy atom. The van der Waals surface area contributed by atoms with Gasteiger partial charge in [-0.15, -0.1) is 0 Å². The van der Waals surface area contributed by atoms with Crippen LogP contribution in [0.25, 0.3) is 0 Å². The van der Waals surface area contributed by atoms with Gasteiger partial charge in [0.25, 0.3) is 0 Å². The SMILES string of the molecule is O=C(O)CN(CCO)Cc1cc(Br)ccc1F. The first kappa shape index (κ1) is 14.1. The van der Waals surface area contributed by atoms with E-state index in [1.807, 2.05) is 0 Å². The van der Waals surface area contributed by atoms with E-state index in [-0.39, 0.29) is 32.1 Å². The first-order valence-electron chi connectivity index (χ1n) is 5.02. The molecule has 4 nitrogen and oxygen atoms in total. The number of carbonyl (C=O) groups is 1. The molecule has 0 bridgehead atoms. The van der Waals surface area contributed by atoms with Crippen LogP contribution in [0, 0.1) is 5.82 Å². The highest BCUT2D eigenvalue weighted by molar-refractivity contribution is 9.10. The van der Waals surface area contributed by atoms with E-state index in [0.29, 0.717) is 5.56 Å². The summed E-state index contributed by atoms with van der Waals surface area (Å²) in [6.45, 7) is -0.0498. The molecule has 0 atom stereocenters. The zero-order chi connectivity index (χ0) is 12.8. The van der Waals surface area contributed by atoms with E-state index in [9.17, 15) is 9.18 Å². The van der Waals surface area contributed by atoms with Crippen LogP contribution in [-0.4, -0.2) is 40.8 Å². The summed E-state index contributed by atoms with van der Waals surface area (Å²) in [5, 5.41) is 17.5. The molecule has 0 spiro atoms. The van der Waals surface area contributed by atoms with Crippen LogP contribution < -0.4 is 0 Å². The van der Waals surface area contributed by atoms with Crippen LogP contribution in [0.4, 0.5) is 4.39 Å². The number of carboxylic acid groups (broad SMARTS) is 1. The van der Waals surface area contributed by atoms with Crippen molar-refractivity contribution in [2.24, 2.45) is 0 Å². The maximum absolute atomic E-state index is 13.5. The number of halogens is 2. The number of hydrogen-bond acceptors (Lipinski definition) is 3. The molecule has 1 aromatic rings. The lowest BCUT2D eigenvalue weighted by atomic mass is 10.2. The molecule has 0 aliphatic heterocycles. The summed E-state index contributed by atoms with van der Waals surface area (Å²) >= 11 is 3.23. The highest BCUT2D eigenvalue weighted by Gasteiger charge is 2.12. The monoisotopic (exact) mass is 305 g/mol. The van der Waals surface area contributed by atoms with Crippen molar-refractivity contribution in [2.75, 3.05) is 19.7 Å². The van der Waals surface area contributed by atoms with Gasteiger partial charge in [0, 0.05) is 23.1 Å². The molecule has 1 rings (SSSR count). The van der Waals surface area contributed by atoms with E-state index in [0.717, 1.165) is 4.47 Å². The highest BCUT2D eigenvalue weighted by atomic mass is 79.9. The van der Waals surface area contributed by atoms with Gasteiger partial charge in [0.15, 0.2) is 0 Å². The zero-order valence-electron chi connectivity index (χ0n) is 9.07. The lowest BCUT2D eigenvalue weighted by Gasteiger charge is -2.19. The second-order valence-electron chi connectivity index (χ2n) is 3.56. The summed E-state index contributed by atoms with van der Waals surface area (Å²) in [5.41, 5.74) is 0.397. The van der Waals surface area contributed by atoms with Gasteiger partial charge in [0.2, 0.25) is 0 Å². The molecule has 0 amide bonds. The first-order chi connectivity index (χ1) is 8.02. The number of aliphatic hydroxyl groups excluding tert-OH is 1. The average Bonchev–Trinajstić information content (AvgIpc) is 2.23. The molecule has 1 aromatic carbocycles. The minimum absolute atomic E-state index is 0.151. The Kier molecular flexibility index (Phi) is 5.54. The lowest BCUT2D eigenvalue weighted by Crippen LogP contribution is -2.32. The summed E-state index contributed by atoms with van der Waals surface area (Å²) in [5.74, 6) is -1.39. The summed E-state index contributed by atoms with van der Waals surface area (Å²) in [7, 11) is 0. The number of hydrogen-bond donors (Lipinski definition) is 2. The quantitative estimate of drug-likeness (QED) is 0.835. The fourth-order valence-corrected chi connectivity index (χ4v) is 1.86. The summed E-state index contributed by atoms with van der Waals surface area (Å²) < 4.78 is 14.2. The fraction of sp³-hybridized carbons (Fsp3) is 0.364. The molecule has 0 heterocycles. The van der Waals surface area contributed by atoms with Crippen LogP contribution >= 0.6 is 15.9 Å². The molecule has 0 aliphatic carbocycles. The van der Waals surface area contributed by atoms with E-state index >= 15 is 0 Å². The lowest BCUT2D eigenvalue weighted by molar-refractivity contribution is -0.138. The van der Waals surface area contributed by atoms with Crippen LogP contribution in [0.15, 0.2) is 22.7 Å². The standard InChI is InChI=1S/C11H13BrFNO3/c12-9-1-2-10(13)8(5-9)6-14(3-4-15)7-11(16)17/h1-2,5,15H,3-4,6-7H2,(H,16,17). The van der Waals surface area contributed by atoms with Crippen LogP contribution in [0.1, 0.15) is 5.56 Å². The van der Waals surface area contributed by atoms with E-state index < -0.39 is 5.97 Å².